The standard InChI is InChI=1S/C34H35N9O8S2/c1-13(2)23-29(46)35-10-22-41-25(17(6)50-22)30(47)37-15(4)32-39-20(11-52-32)27(44)36-14(3)31-43-24(16(5)51-31)26-18(8-9-19(38-26)34(48)49-7)33-40-21(12-53-33)28(45)42-23/h8-9,11-15,23H,10H2,1-7H3,(H,35,46)(H,36,44)(H,37,47)(H,42,45)/t14-,15-,23-/m0/s1. The Morgan fingerprint density at radius 3 is 2.23 bits per heavy atom. The Morgan fingerprint density at radius 2 is 1.49 bits per heavy atom. The molecule has 17 nitrogen and oxygen atoms in total. The summed E-state index contributed by atoms with van der Waals surface area (Å²) in [5, 5.41) is 15.1. The number of thiazole rings is 2. The number of carbonyl (C=O) groups excluding carboxylic acids is 5. The van der Waals surface area contributed by atoms with E-state index >= 15 is 0 Å². The molecule has 0 unspecified atom stereocenters. The summed E-state index contributed by atoms with van der Waals surface area (Å²) in [4.78, 5) is 88.1. The summed E-state index contributed by atoms with van der Waals surface area (Å²) in [6, 6.07) is 0.813. The van der Waals surface area contributed by atoms with Crippen molar-refractivity contribution in [1.29, 1.82) is 0 Å². The number of nitrogens with one attached hydrogen (secondary N) is 4. The summed E-state index contributed by atoms with van der Waals surface area (Å²) in [7, 11) is 1.24. The van der Waals surface area contributed by atoms with E-state index in [0.717, 1.165) is 11.3 Å². The number of rotatable bonds is 2. The molecular formula is C34H35N9O8S2. The van der Waals surface area contributed by atoms with Gasteiger partial charge in [-0.1, -0.05) is 13.8 Å². The summed E-state index contributed by atoms with van der Waals surface area (Å²) < 4.78 is 16.5. The van der Waals surface area contributed by atoms with Crippen molar-refractivity contribution in [3.63, 3.8) is 0 Å². The molecule has 0 aromatic carbocycles. The van der Waals surface area contributed by atoms with Crippen molar-refractivity contribution in [2.24, 2.45) is 5.92 Å². The molecule has 0 fully saturated rings. The zero-order valence-electron chi connectivity index (χ0n) is 29.6. The van der Waals surface area contributed by atoms with Gasteiger partial charge < -0.3 is 34.8 Å². The number of oxazole rings is 2. The van der Waals surface area contributed by atoms with Crippen molar-refractivity contribution in [1.82, 2.24) is 46.2 Å². The van der Waals surface area contributed by atoms with Crippen LogP contribution in [0.4, 0.5) is 0 Å². The van der Waals surface area contributed by atoms with Gasteiger partial charge in [-0.3, -0.25) is 19.2 Å². The number of hydrogen-bond donors (Lipinski definition) is 4. The Kier molecular flexibility index (Phi) is 10.5. The zero-order chi connectivity index (χ0) is 38.1. The molecule has 5 aromatic heterocycles. The summed E-state index contributed by atoms with van der Waals surface area (Å²) in [5.74, 6) is -2.32. The van der Waals surface area contributed by atoms with Crippen LogP contribution in [0.1, 0.15) is 110 Å². The van der Waals surface area contributed by atoms with Crippen LogP contribution in [0.25, 0.3) is 22.0 Å². The minimum atomic E-state index is -0.954. The van der Waals surface area contributed by atoms with Gasteiger partial charge in [0.25, 0.3) is 17.7 Å². The molecular weight excluding hydrogens is 727 g/mol. The number of ether oxygens (including phenoxy) is 1. The minimum absolute atomic E-state index is 0.00240. The quantitative estimate of drug-likeness (QED) is 0.186. The third kappa shape index (κ3) is 7.70. The molecule has 3 atom stereocenters. The Labute approximate surface area is 310 Å². The molecule has 0 saturated carbocycles. The lowest BCUT2D eigenvalue weighted by atomic mass is 10.0. The topological polar surface area (TPSA) is 233 Å². The molecule has 6 rings (SSSR count). The number of fused-ring (bicyclic) bond motifs is 11. The first-order valence-corrected chi connectivity index (χ1v) is 18.1. The van der Waals surface area contributed by atoms with E-state index in [-0.39, 0.29) is 64.2 Å². The van der Waals surface area contributed by atoms with Gasteiger partial charge in [-0.25, -0.2) is 29.7 Å². The Hall–Kier alpha value is -5.82. The average Bonchev–Trinajstić information content (AvgIpc) is 3.95. The first-order chi connectivity index (χ1) is 25.2. The second-order valence-corrected chi connectivity index (χ2v) is 14.2. The third-order valence-corrected chi connectivity index (χ3v) is 10.1. The molecule has 4 amide bonds. The summed E-state index contributed by atoms with van der Waals surface area (Å²) in [6.45, 7) is 10.0. The van der Waals surface area contributed by atoms with E-state index in [1.807, 2.05) is 0 Å². The van der Waals surface area contributed by atoms with Crippen LogP contribution in [0.15, 0.2) is 31.7 Å². The maximum atomic E-state index is 13.5. The maximum Gasteiger partial charge on any atom is 0.356 e. The highest BCUT2D eigenvalue weighted by atomic mass is 32.1. The van der Waals surface area contributed by atoms with Gasteiger partial charge in [0, 0.05) is 16.3 Å². The molecule has 1 aliphatic rings. The Morgan fingerprint density at radius 1 is 0.811 bits per heavy atom. The van der Waals surface area contributed by atoms with Crippen molar-refractivity contribution in [3.05, 3.63) is 74.0 Å². The highest BCUT2D eigenvalue weighted by Crippen LogP contribution is 2.35. The van der Waals surface area contributed by atoms with Gasteiger partial charge in [0.1, 0.15) is 62.1 Å². The van der Waals surface area contributed by atoms with E-state index in [9.17, 15) is 24.0 Å². The number of methoxy groups -OCH3 is 1. The van der Waals surface area contributed by atoms with Crippen LogP contribution < -0.4 is 21.3 Å². The molecule has 0 saturated heterocycles. The Bertz CT molecular complexity index is 2240. The minimum Gasteiger partial charge on any atom is -0.464 e. The van der Waals surface area contributed by atoms with Gasteiger partial charge in [-0.05, 0) is 45.7 Å². The molecule has 8 bridgehead atoms. The van der Waals surface area contributed by atoms with Crippen LogP contribution in [0.5, 0.6) is 0 Å². The smallest absolute Gasteiger partial charge is 0.356 e. The fraction of sp³-hybridized carbons (Fsp3) is 0.353. The van der Waals surface area contributed by atoms with Gasteiger partial charge in [0.2, 0.25) is 17.7 Å². The lowest BCUT2D eigenvalue weighted by Crippen LogP contribution is -2.49. The normalized spacial score (nSPS) is 18.5. The van der Waals surface area contributed by atoms with Crippen LogP contribution in [-0.4, -0.2) is 67.7 Å². The second kappa shape index (κ2) is 15.0. The number of amides is 4. The predicted molar refractivity (Wildman–Crippen MR) is 190 cm³/mol. The predicted octanol–water partition coefficient (Wildman–Crippen LogP) is 4.07. The Balaban J connectivity index is 1.40. The van der Waals surface area contributed by atoms with E-state index < -0.39 is 47.7 Å². The number of carbonyl (C=O) groups is 5. The molecule has 6 heterocycles. The highest BCUT2D eigenvalue weighted by Gasteiger charge is 2.29. The van der Waals surface area contributed by atoms with Crippen LogP contribution in [-0.2, 0) is 16.1 Å². The molecule has 0 aliphatic carbocycles. The van der Waals surface area contributed by atoms with Crippen molar-refractivity contribution in [3.8, 4) is 22.0 Å². The van der Waals surface area contributed by atoms with E-state index in [0.29, 0.717) is 21.3 Å². The largest absolute Gasteiger partial charge is 0.464 e. The van der Waals surface area contributed by atoms with Gasteiger partial charge in [-0.2, -0.15) is 0 Å². The molecule has 0 spiro atoms. The lowest BCUT2D eigenvalue weighted by Gasteiger charge is -2.20. The van der Waals surface area contributed by atoms with E-state index in [1.54, 1.807) is 53.0 Å². The van der Waals surface area contributed by atoms with Crippen LogP contribution >= 0.6 is 22.7 Å². The number of hydrogen-bond acceptors (Lipinski definition) is 15. The average molecular weight is 762 g/mol. The summed E-state index contributed by atoms with van der Waals surface area (Å²) in [5.41, 5.74) is 1.13. The lowest BCUT2D eigenvalue weighted by molar-refractivity contribution is -0.124. The zero-order valence-corrected chi connectivity index (χ0v) is 31.3. The number of aromatic nitrogens is 5. The van der Waals surface area contributed by atoms with Crippen LogP contribution in [0, 0.1) is 19.8 Å². The van der Waals surface area contributed by atoms with E-state index in [2.05, 4.69) is 46.2 Å². The first-order valence-electron chi connectivity index (χ1n) is 16.4. The van der Waals surface area contributed by atoms with E-state index in [1.165, 1.54) is 29.9 Å². The third-order valence-electron chi connectivity index (χ3n) is 8.19. The monoisotopic (exact) mass is 761 g/mol. The van der Waals surface area contributed by atoms with Crippen molar-refractivity contribution in [2.45, 2.75) is 66.2 Å². The molecule has 53 heavy (non-hydrogen) atoms. The molecule has 4 N–H and O–H groups in total. The molecule has 5 aromatic rings. The summed E-state index contributed by atoms with van der Waals surface area (Å²) >= 11 is 2.34. The second-order valence-electron chi connectivity index (χ2n) is 12.5. The van der Waals surface area contributed by atoms with Gasteiger partial charge in [0.15, 0.2) is 5.69 Å². The fourth-order valence-corrected chi connectivity index (χ4v) is 7.00. The van der Waals surface area contributed by atoms with E-state index in [4.69, 9.17) is 13.6 Å². The first kappa shape index (κ1) is 37.0. The summed E-state index contributed by atoms with van der Waals surface area (Å²) in [6.07, 6.45) is 0. The number of aryl methyl sites for hydroxylation is 2. The number of pyridine rings is 1. The van der Waals surface area contributed by atoms with Crippen LogP contribution in [0.3, 0.4) is 0 Å². The maximum absolute atomic E-state index is 13.5. The molecule has 19 heteroatoms. The van der Waals surface area contributed by atoms with Crippen molar-refractivity contribution in [2.75, 3.05) is 7.11 Å². The molecule has 0 radical (unpaired) electrons. The SMILES string of the molecule is COC(=O)c1ccc2c(n1)-c1nc(oc1C)[C@H](C)NC(=O)c1csc(n1)[C@H](C)NC(=O)c1nc(oc1C)CNC(=O)[C@H](C(C)C)NC(=O)c1csc-2n1. The molecule has 276 valence electrons. The molecule has 1 aliphatic heterocycles. The van der Waals surface area contributed by atoms with Crippen molar-refractivity contribution < 1.29 is 37.5 Å². The van der Waals surface area contributed by atoms with Gasteiger partial charge >= 0.3 is 5.97 Å². The van der Waals surface area contributed by atoms with Crippen LogP contribution in [0.2, 0.25) is 0 Å². The number of nitrogens with zero attached hydrogens (tertiary/aromatic N) is 5. The van der Waals surface area contributed by atoms with Gasteiger partial charge in [-0.15, -0.1) is 22.7 Å². The number of esters is 1. The highest BCUT2D eigenvalue weighted by molar-refractivity contribution is 7.13. The van der Waals surface area contributed by atoms with Gasteiger partial charge in [0.05, 0.1) is 19.7 Å². The fourth-order valence-electron chi connectivity index (χ4n) is 5.36. The van der Waals surface area contributed by atoms with Crippen molar-refractivity contribution >= 4 is 52.3 Å².